The van der Waals surface area contributed by atoms with Gasteiger partial charge in [-0.1, -0.05) is 31.0 Å². The van der Waals surface area contributed by atoms with Gasteiger partial charge < -0.3 is 13.7 Å². The molecule has 0 unspecified atom stereocenters. The number of carbonyl (C=O) groups is 3. The topological polar surface area (TPSA) is 128 Å². The van der Waals surface area contributed by atoms with Gasteiger partial charge in [0, 0.05) is 0 Å². The number of hydrogen-bond acceptors (Lipinski definition) is 8. The quantitative estimate of drug-likeness (QED) is 0.101. The first-order chi connectivity index (χ1) is 19.5. The number of halogens is 1. The molecule has 0 radical (unpaired) electrons. The molecule has 12 heteroatoms. The average Bonchev–Trinajstić information content (AvgIpc) is 2.93. The normalized spacial score (nSPS) is 14.7. The summed E-state index contributed by atoms with van der Waals surface area (Å²) >= 11 is 1.88. The second-order valence-electron chi connectivity index (χ2n) is 9.04. The number of nitrogens with zero attached hydrogens (tertiary/aromatic N) is 1. The molecule has 1 N–H and O–H groups in total. The van der Waals surface area contributed by atoms with Crippen molar-refractivity contribution in [2.75, 3.05) is 18.6 Å². The highest BCUT2D eigenvalue weighted by Gasteiger charge is 2.37. The molecule has 214 valence electrons. The van der Waals surface area contributed by atoms with Crippen LogP contribution in [0.25, 0.3) is 6.08 Å². The molecule has 1 fully saturated rings. The van der Waals surface area contributed by atoms with E-state index in [1.165, 1.54) is 37.5 Å². The van der Waals surface area contributed by atoms with E-state index >= 15 is 0 Å². The number of benzene rings is 3. The standard InChI is InChI=1S/C29H27IN2O8S/c1-4-5-14-39-21-10-8-20(9-11-21)32-28(34)23(27(33)31-29(32)35)15-19-16-24(30)26(25(17-19)38-3)40-41(36,37)22-12-6-18(2)7-13-22/h6-13,15-17H,4-5,14H2,1-3H3,(H,31,33,35)/b23-15-. The molecule has 1 aliphatic heterocycles. The molecule has 0 bridgehead atoms. The molecule has 0 spiro atoms. The Morgan fingerprint density at radius 1 is 1.00 bits per heavy atom. The Kier molecular flexibility index (Phi) is 9.33. The number of carbonyl (C=O) groups excluding carboxylic acids is 3. The van der Waals surface area contributed by atoms with E-state index in [9.17, 15) is 22.8 Å². The molecule has 0 saturated carbocycles. The lowest BCUT2D eigenvalue weighted by Crippen LogP contribution is -2.54. The predicted octanol–water partition coefficient (Wildman–Crippen LogP) is 5.22. The third kappa shape index (κ3) is 6.88. The Morgan fingerprint density at radius 3 is 2.32 bits per heavy atom. The largest absolute Gasteiger partial charge is 0.494 e. The van der Waals surface area contributed by atoms with E-state index in [0.717, 1.165) is 23.3 Å². The van der Waals surface area contributed by atoms with Crippen molar-refractivity contribution in [1.82, 2.24) is 5.32 Å². The van der Waals surface area contributed by atoms with Crippen LogP contribution >= 0.6 is 22.6 Å². The molecular formula is C29H27IN2O8S. The minimum Gasteiger partial charge on any atom is -0.494 e. The number of imide groups is 2. The molecule has 4 amide bonds. The number of amides is 4. The van der Waals surface area contributed by atoms with Crippen LogP contribution in [0.5, 0.6) is 17.2 Å². The van der Waals surface area contributed by atoms with E-state index < -0.39 is 28.0 Å². The van der Waals surface area contributed by atoms with E-state index in [1.54, 1.807) is 36.4 Å². The van der Waals surface area contributed by atoms with Crippen LogP contribution in [0.1, 0.15) is 30.9 Å². The summed E-state index contributed by atoms with van der Waals surface area (Å²) in [6.07, 6.45) is 3.17. The summed E-state index contributed by atoms with van der Waals surface area (Å²) in [4.78, 5) is 39.4. The fourth-order valence-electron chi connectivity index (χ4n) is 3.85. The predicted molar refractivity (Wildman–Crippen MR) is 161 cm³/mol. The van der Waals surface area contributed by atoms with Crippen LogP contribution in [-0.4, -0.2) is 40.0 Å². The first kappa shape index (κ1) is 30.1. The fourth-order valence-corrected chi connectivity index (χ4v) is 5.69. The van der Waals surface area contributed by atoms with Crippen LogP contribution in [0, 0.1) is 10.5 Å². The molecule has 3 aromatic carbocycles. The Morgan fingerprint density at radius 2 is 1.68 bits per heavy atom. The third-order valence-electron chi connectivity index (χ3n) is 6.03. The van der Waals surface area contributed by atoms with Crippen LogP contribution in [0.15, 0.2) is 71.1 Å². The second-order valence-corrected chi connectivity index (χ2v) is 11.7. The van der Waals surface area contributed by atoms with Gasteiger partial charge in [-0.15, -0.1) is 0 Å². The van der Waals surface area contributed by atoms with Gasteiger partial charge in [0.1, 0.15) is 16.2 Å². The Hall–Kier alpha value is -3.91. The fraction of sp³-hybridized carbons (Fsp3) is 0.207. The van der Waals surface area contributed by atoms with Crippen LogP contribution in [0.4, 0.5) is 10.5 Å². The van der Waals surface area contributed by atoms with E-state index in [0.29, 0.717) is 21.5 Å². The number of unbranched alkanes of at least 4 members (excludes halogenated alkanes) is 1. The second kappa shape index (κ2) is 12.7. The van der Waals surface area contributed by atoms with Gasteiger partial charge in [0.15, 0.2) is 11.5 Å². The van der Waals surface area contributed by atoms with Gasteiger partial charge in [0.25, 0.3) is 11.8 Å². The molecule has 1 aliphatic rings. The number of ether oxygens (including phenoxy) is 2. The minimum absolute atomic E-state index is 0.0260. The number of nitrogens with one attached hydrogen (secondary N) is 1. The Bertz CT molecular complexity index is 1620. The summed E-state index contributed by atoms with van der Waals surface area (Å²) < 4.78 is 42.5. The lowest BCUT2D eigenvalue weighted by molar-refractivity contribution is -0.122. The number of barbiturate groups is 1. The van der Waals surface area contributed by atoms with Crippen LogP contribution < -0.4 is 23.9 Å². The van der Waals surface area contributed by atoms with Crippen LogP contribution in [-0.2, 0) is 19.7 Å². The van der Waals surface area contributed by atoms with Crippen molar-refractivity contribution in [2.24, 2.45) is 0 Å². The molecule has 0 aromatic heterocycles. The van der Waals surface area contributed by atoms with Gasteiger partial charge >= 0.3 is 16.1 Å². The maximum atomic E-state index is 13.3. The van der Waals surface area contributed by atoms with Gasteiger partial charge in [-0.2, -0.15) is 8.42 Å². The van der Waals surface area contributed by atoms with Crippen molar-refractivity contribution < 1.29 is 36.5 Å². The first-order valence-electron chi connectivity index (χ1n) is 12.6. The lowest BCUT2D eigenvalue weighted by Gasteiger charge is -2.26. The zero-order chi connectivity index (χ0) is 29.7. The average molecular weight is 691 g/mol. The van der Waals surface area contributed by atoms with Gasteiger partial charge in [-0.3, -0.25) is 14.9 Å². The number of anilines is 1. The maximum Gasteiger partial charge on any atom is 0.339 e. The highest BCUT2D eigenvalue weighted by molar-refractivity contribution is 14.1. The molecule has 1 heterocycles. The molecule has 0 atom stereocenters. The van der Waals surface area contributed by atoms with Crippen molar-refractivity contribution in [1.29, 1.82) is 0 Å². The summed E-state index contributed by atoms with van der Waals surface area (Å²) in [6.45, 7) is 4.43. The Labute approximate surface area is 251 Å². The molecular weight excluding hydrogens is 663 g/mol. The third-order valence-corrected chi connectivity index (χ3v) is 8.07. The summed E-state index contributed by atoms with van der Waals surface area (Å²) in [5.74, 6) is -1.09. The summed E-state index contributed by atoms with van der Waals surface area (Å²) in [5.41, 5.74) is 1.19. The van der Waals surface area contributed by atoms with Crippen LogP contribution in [0.3, 0.4) is 0 Å². The summed E-state index contributed by atoms with van der Waals surface area (Å²) in [6, 6.07) is 14.7. The molecule has 3 aromatic rings. The lowest BCUT2D eigenvalue weighted by atomic mass is 10.1. The SMILES string of the molecule is CCCCOc1ccc(N2C(=O)NC(=O)/C(=C/c3cc(I)c(OS(=O)(=O)c4ccc(C)cc4)c(OC)c3)C2=O)cc1. The highest BCUT2D eigenvalue weighted by atomic mass is 127. The van der Waals surface area contributed by atoms with Gasteiger partial charge in [-0.05, 0) is 96.1 Å². The Balaban J connectivity index is 1.62. The first-order valence-corrected chi connectivity index (χ1v) is 15.1. The van der Waals surface area contributed by atoms with Crippen molar-refractivity contribution in [3.05, 3.63) is 80.9 Å². The van der Waals surface area contributed by atoms with E-state index in [2.05, 4.69) is 12.2 Å². The maximum absolute atomic E-state index is 13.3. The van der Waals surface area contributed by atoms with Gasteiger partial charge in [0.05, 0.1) is 23.0 Å². The van der Waals surface area contributed by atoms with E-state index in [-0.39, 0.29) is 27.7 Å². The monoisotopic (exact) mass is 690 g/mol. The number of aryl methyl sites for hydroxylation is 1. The number of methoxy groups -OCH3 is 1. The molecule has 41 heavy (non-hydrogen) atoms. The number of urea groups is 1. The zero-order valence-electron chi connectivity index (χ0n) is 22.5. The highest BCUT2D eigenvalue weighted by Crippen LogP contribution is 2.37. The van der Waals surface area contributed by atoms with Crippen molar-refractivity contribution in [3.63, 3.8) is 0 Å². The molecule has 10 nitrogen and oxygen atoms in total. The van der Waals surface area contributed by atoms with E-state index in [4.69, 9.17) is 13.7 Å². The number of rotatable bonds is 10. The van der Waals surface area contributed by atoms with Crippen LogP contribution in [0.2, 0.25) is 0 Å². The van der Waals surface area contributed by atoms with Gasteiger partial charge in [-0.25, -0.2) is 9.69 Å². The molecule has 0 aliphatic carbocycles. The van der Waals surface area contributed by atoms with Crippen molar-refractivity contribution >= 4 is 62.3 Å². The van der Waals surface area contributed by atoms with E-state index in [1.807, 2.05) is 29.5 Å². The molecule has 4 rings (SSSR count). The zero-order valence-corrected chi connectivity index (χ0v) is 25.4. The number of hydrogen-bond donors (Lipinski definition) is 1. The summed E-state index contributed by atoms with van der Waals surface area (Å²) in [5, 5.41) is 2.18. The van der Waals surface area contributed by atoms with Crippen molar-refractivity contribution in [2.45, 2.75) is 31.6 Å². The minimum atomic E-state index is -4.17. The van der Waals surface area contributed by atoms with Crippen molar-refractivity contribution in [3.8, 4) is 17.2 Å². The van der Waals surface area contributed by atoms with Gasteiger partial charge in [0.2, 0.25) is 0 Å². The summed E-state index contributed by atoms with van der Waals surface area (Å²) in [7, 11) is -2.83. The smallest absolute Gasteiger partial charge is 0.339 e. The molecule has 1 saturated heterocycles.